The number of imide groups is 1. The second-order valence-corrected chi connectivity index (χ2v) is 5.61. The first-order chi connectivity index (χ1) is 8.74. The summed E-state index contributed by atoms with van der Waals surface area (Å²) in [6, 6.07) is 0. The van der Waals surface area contributed by atoms with E-state index in [1.807, 2.05) is 0 Å². The number of allylic oxidation sites excluding steroid dienone is 2. The van der Waals surface area contributed by atoms with Gasteiger partial charge in [-0.2, -0.15) is 0 Å². The molecule has 2 bridgehead atoms. The Labute approximate surface area is 107 Å². The lowest BCUT2D eigenvalue weighted by atomic mass is 9.85. The Bertz CT molecular complexity index is 374. The van der Waals surface area contributed by atoms with Gasteiger partial charge >= 0.3 is 0 Å². The van der Waals surface area contributed by atoms with Crippen molar-refractivity contribution < 1.29 is 14.7 Å². The van der Waals surface area contributed by atoms with Crippen LogP contribution in [-0.4, -0.2) is 35.0 Å². The first kappa shape index (κ1) is 11.9. The number of aliphatic hydroxyl groups excluding tert-OH is 1. The van der Waals surface area contributed by atoms with Gasteiger partial charge < -0.3 is 5.11 Å². The van der Waals surface area contributed by atoms with Crippen molar-refractivity contribution in [2.75, 3.05) is 13.2 Å². The maximum atomic E-state index is 12.3. The molecule has 1 saturated carbocycles. The number of aliphatic hydroxyl groups is 1. The highest BCUT2D eigenvalue weighted by atomic mass is 16.3. The highest BCUT2D eigenvalue weighted by Crippen LogP contribution is 2.52. The minimum atomic E-state index is -0.0645. The fourth-order valence-corrected chi connectivity index (χ4v) is 3.74. The first-order valence-corrected chi connectivity index (χ1v) is 6.88. The Kier molecular flexibility index (Phi) is 2.98. The van der Waals surface area contributed by atoms with Crippen LogP contribution in [0.5, 0.6) is 0 Å². The largest absolute Gasteiger partial charge is 0.396 e. The molecule has 98 valence electrons. The Balaban J connectivity index is 1.65. The molecule has 1 saturated heterocycles. The maximum absolute atomic E-state index is 12.3. The van der Waals surface area contributed by atoms with Gasteiger partial charge in [-0.15, -0.1) is 0 Å². The molecule has 4 nitrogen and oxygen atoms in total. The van der Waals surface area contributed by atoms with Crippen molar-refractivity contribution in [1.29, 1.82) is 0 Å². The van der Waals surface area contributed by atoms with Gasteiger partial charge in [0, 0.05) is 13.2 Å². The van der Waals surface area contributed by atoms with Crippen molar-refractivity contribution in [3.63, 3.8) is 0 Å². The fraction of sp³-hybridized carbons (Fsp3) is 0.714. The molecule has 0 aromatic rings. The molecule has 0 radical (unpaired) electrons. The van der Waals surface area contributed by atoms with Crippen molar-refractivity contribution in [3.8, 4) is 0 Å². The van der Waals surface area contributed by atoms with Crippen molar-refractivity contribution in [1.82, 2.24) is 4.90 Å². The molecule has 3 aliphatic rings. The van der Waals surface area contributed by atoms with Gasteiger partial charge in [-0.25, -0.2) is 0 Å². The third-order valence-electron chi connectivity index (χ3n) is 4.60. The monoisotopic (exact) mass is 249 g/mol. The van der Waals surface area contributed by atoms with Crippen LogP contribution < -0.4 is 0 Å². The Morgan fingerprint density at radius 3 is 2.22 bits per heavy atom. The van der Waals surface area contributed by atoms with E-state index in [0.29, 0.717) is 18.4 Å². The molecule has 4 unspecified atom stereocenters. The molecule has 4 heteroatoms. The summed E-state index contributed by atoms with van der Waals surface area (Å²) in [5.74, 6) is 0.574. The average Bonchev–Trinajstić information content (AvgIpc) is 3.02. The number of likely N-dealkylation sites (tertiary alicyclic amines) is 1. The summed E-state index contributed by atoms with van der Waals surface area (Å²) < 4.78 is 0. The molecule has 2 aliphatic carbocycles. The van der Waals surface area contributed by atoms with Crippen LogP contribution in [0.3, 0.4) is 0 Å². The fourth-order valence-electron chi connectivity index (χ4n) is 3.74. The molecule has 0 aromatic heterocycles. The quantitative estimate of drug-likeness (QED) is 0.448. The van der Waals surface area contributed by atoms with E-state index in [-0.39, 0.29) is 30.3 Å². The van der Waals surface area contributed by atoms with Gasteiger partial charge in [0.25, 0.3) is 0 Å². The lowest BCUT2D eigenvalue weighted by Gasteiger charge is -2.16. The van der Waals surface area contributed by atoms with Gasteiger partial charge in [0.15, 0.2) is 0 Å². The number of hydrogen-bond acceptors (Lipinski definition) is 3. The van der Waals surface area contributed by atoms with Gasteiger partial charge in [-0.1, -0.05) is 12.2 Å². The van der Waals surface area contributed by atoms with Crippen molar-refractivity contribution in [2.45, 2.75) is 25.7 Å². The van der Waals surface area contributed by atoms with E-state index in [1.165, 1.54) is 4.90 Å². The third kappa shape index (κ3) is 1.62. The lowest BCUT2D eigenvalue weighted by Crippen LogP contribution is -2.33. The minimum Gasteiger partial charge on any atom is -0.396 e. The molecular weight excluding hydrogens is 230 g/mol. The summed E-state index contributed by atoms with van der Waals surface area (Å²) in [6.45, 7) is 0.714. The van der Waals surface area contributed by atoms with E-state index < -0.39 is 0 Å². The normalized spacial score (nSPS) is 36.8. The van der Waals surface area contributed by atoms with E-state index in [2.05, 4.69) is 12.2 Å². The molecule has 4 atom stereocenters. The number of amides is 2. The molecule has 2 amide bonds. The van der Waals surface area contributed by atoms with Crippen LogP contribution in [0.4, 0.5) is 0 Å². The number of hydrogen-bond donors (Lipinski definition) is 1. The standard InChI is InChI=1S/C14H19NO3/c16-7-3-1-2-6-15-13(17)11-9-4-5-10(8-9)12(11)14(15)18/h4-5,9-12,16H,1-3,6-8H2. The van der Waals surface area contributed by atoms with Crippen molar-refractivity contribution >= 4 is 11.8 Å². The molecule has 3 rings (SSSR count). The van der Waals surface area contributed by atoms with Crippen LogP contribution in [0.2, 0.25) is 0 Å². The van der Waals surface area contributed by atoms with Crippen LogP contribution in [0.1, 0.15) is 25.7 Å². The predicted octanol–water partition coefficient (Wildman–Crippen LogP) is 0.956. The molecule has 0 aromatic carbocycles. The number of fused-ring (bicyclic) bond motifs is 5. The molecule has 0 spiro atoms. The topological polar surface area (TPSA) is 57.6 Å². The van der Waals surface area contributed by atoms with E-state index in [0.717, 1.165) is 25.7 Å². The van der Waals surface area contributed by atoms with E-state index in [4.69, 9.17) is 5.11 Å². The van der Waals surface area contributed by atoms with Crippen molar-refractivity contribution in [3.05, 3.63) is 12.2 Å². The van der Waals surface area contributed by atoms with Crippen LogP contribution in [0, 0.1) is 23.7 Å². The third-order valence-corrected chi connectivity index (χ3v) is 4.60. The summed E-state index contributed by atoms with van der Waals surface area (Å²) >= 11 is 0. The number of carbonyl (C=O) groups is 2. The zero-order valence-electron chi connectivity index (χ0n) is 10.4. The van der Waals surface area contributed by atoms with Crippen LogP contribution in [-0.2, 0) is 9.59 Å². The van der Waals surface area contributed by atoms with Gasteiger partial charge in [-0.3, -0.25) is 14.5 Å². The average molecular weight is 249 g/mol. The summed E-state index contributed by atoms with van der Waals surface area (Å²) in [7, 11) is 0. The van der Waals surface area contributed by atoms with Gasteiger partial charge in [0.2, 0.25) is 11.8 Å². The van der Waals surface area contributed by atoms with Crippen LogP contribution >= 0.6 is 0 Å². The molecule has 1 N–H and O–H groups in total. The summed E-state index contributed by atoms with van der Waals surface area (Å²) in [5, 5.41) is 8.72. The van der Waals surface area contributed by atoms with Crippen LogP contribution in [0.15, 0.2) is 12.2 Å². The minimum absolute atomic E-state index is 0.0471. The number of nitrogens with zero attached hydrogens (tertiary/aromatic N) is 1. The van der Waals surface area contributed by atoms with Gasteiger partial charge in [0.05, 0.1) is 11.8 Å². The maximum Gasteiger partial charge on any atom is 0.233 e. The van der Waals surface area contributed by atoms with E-state index in [9.17, 15) is 9.59 Å². The smallest absolute Gasteiger partial charge is 0.233 e. The van der Waals surface area contributed by atoms with Crippen LogP contribution in [0.25, 0.3) is 0 Å². The van der Waals surface area contributed by atoms with E-state index in [1.54, 1.807) is 0 Å². The van der Waals surface area contributed by atoms with Crippen molar-refractivity contribution in [2.24, 2.45) is 23.7 Å². The summed E-state index contributed by atoms with van der Waals surface area (Å²) in [4.78, 5) is 26.0. The second-order valence-electron chi connectivity index (χ2n) is 5.61. The Morgan fingerprint density at radius 2 is 1.67 bits per heavy atom. The molecule has 1 aliphatic heterocycles. The summed E-state index contributed by atoms with van der Waals surface area (Å²) in [6.07, 6.45) is 7.65. The van der Waals surface area contributed by atoms with Gasteiger partial charge in [-0.05, 0) is 37.5 Å². The van der Waals surface area contributed by atoms with E-state index >= 15 is 0 Å². The molecule has 1 heterocycles. The Morgan fingerprint density at radius 1 is 1.06 bits per heavy atom. The second kappa shape index (κ2) is 4.50. The zero-order chi connectivity index (χ0) is 12.7. The number of carbonyl (C=O) groups excluding carboxylic acids is 2. The first-order valence-electron chi connectivity index (χ1n) is 6.88. The Hall–Kier alpha value is -1.16. The summed E-state index contributed by atoms with van der Waals surface area (Å²) in [5.41, 5.74) is 0. The SMILES string of the molecule is O=C1C2C3C=CC(C3)C2C(=O)N1CCCCCO. The molecular formula is C14H19NO3. The highest BCUT2D eigenvalue weighted by molar-refractivity contribution is 6.06. The predicted molar refractivity (Wildman–Crippen MR) is 65.4 cm³/mol. The van der Waals surface area contributed by atoms with Gasteiger partial charge in [0.1, 0.15) is 0 Å². The molecule has 2 fully saturated rings. The number of rotatable bonds is 5. The molecule has 18 heavy (non-hydrogen) atoms. The highest BCUT2D eigenvalue weighted by Gasteiger charge is 2.58. The lowest BCUT2D eigenvalue weighted by molar-refractivity contribution is -0.140. The number of unbranched alkanes of at least 4 members (excludes halogenated alkanes) is 2. The zero-order valence-corrected chi connectivity index (χ0v) is 10.4.